The number of thioether (sulfide) groups is 1. The van der Waals surface area contributed by atoms with Crippen molar-refractivity contribution in [2.75, 3.05) is 26.5 Å². The molecule has 1 aromatic heterocycles. The largest absolute Gasteiger partial charge is 0.443 e. The molecule has 2 aromatic rings. The Morgan fingerprint density at radius 1 is 1.32 bits per heavy atom. The van der Waals surface area contributed by atoms with Crippen LogP contribution in [0.5, 0.6) is 0 Å². The first-order valence-electron chi connectivity index (χ1n) is 6.11. The predicted molar refractivity (Wildman–Crippen MR) is 77.3 cm³/mol. The number of ether oxygens (including phenoxy) is 1. The summed E-state index contributed by atoms with van der Waals surface area (Å²) >= 11 is 1.73. The van der Waals surface area contributed by atoms with E-state index in [1.54, 1.807) is 18.9 Å². The van der Waals surface area contributed by atoms with Gasteiger partial charge >= 0.3 is 0 Å². The predicted octanol–water partition coefficient (Wildman–Crippen LogP) is 2.80. The summed E-state index contributed by atoms with van der Waals surface area (Å²) in [4.78, 5) is 5.50. The lowest BCUT2D eigenvalue weighted by atomic mass is 10.1. The van der Waals surface area contributed by atoms with E-state index < -0.39 is 0 Å². The number of rotatable bonds is 7. The molecule has 1 heterocycles. The maximum Gasteiger partial charge on any atom is 0.181 e. The molecule has 0 aliphatic rings. The second-order valence-corrected chi connectivity index (χ2v) is 4.91. The molecule has 0 aliphatic carbocycles. The van der Waals surface area contributed by atoms with Crippen molar-refractivity contribution in [1.82, 2.24) is 10.3 Å². The quantitative estimate of drug-likeness (QED) is 0.623. The molecule has 1 N–H and O–H groups in total. The third-order valence-corrected chi connectivity index (χ3v) is 3.51. The van der Waals surface area contributed by atoms with Crippen molar-refractivity contribution in [3.8, 4) is 11.3 Å². The van der Waals surface area contributed by atoms with Crippen molar-refractivity contribution in [3.63, 3.8) is 0 Å². The van der Waals surface area contributed by atoms with Gasteiger partial charge in [0.05, 0.1) is 6.61 Å². The molecule has 0 atom stereocenters. The van der Waals surface area contributed by atoms with Crippen molar-refractivity contribution >= 4 is 11.8 Å². The zero-order chi connectivity index (χ0) is 13.5. The van der Waals surface area contributed by atoms with Crippen LogP contribution in [0.4, 0.5) is 0 Å². The molecular formula is C14H18N2O2S. The fraction of sp³-hybridized carbons (Fsp3) is 0.357. The first-order chi connectivity index (χ1) is 9.35. The normalized spacial score (nSPS) is 10.8. The Balaban J connectivity index is 2.05. The van der Waals surface area contributed by atoms with E-state index in [-0.39, 0.29) is 0 Å². The van der Waals surface area contributed by atoms with Crippen LogP contribution < -0.4 is 5.32 Å². The fourth-order valence-electron chi connectivity index (χ4n) is 1.75. The van der Waals surface area contributed by atoms with Gasteiger partial charge in [0.1, 0.15) is 5.69 Å². The van der Waals surface area contributed by atoms with E-state index in [4.69, 9.17) is 9.15 Å². The summed E-state index contributed by atoms with van der Waals surface area (Å²) in [7, 11) is 1.69. The second kappa shape index (κ2) is 7.33. The monoisotopic (exact) mass is 278 g/mol. The minimum atomic E-state index is 0.680. The van der Waals surface area contributed by atoms with Gasteiger partial charge in [0.2, 0.25) is 0 Å². The third kappa shape index (κ3) is 3.83. The molecule has 0 bridgehead atoms. The van der Waals surface area contributed by atoms with Gasteiger partial charge in [0.25, 0.3) is 0 Å². The van der Waals surface area contributed by atoms with Crippen molar-refractivity contribution in [1.29, 1.82) is 0 Å². The standard InChI is InChI=1S/C14H18N2O2S/c1-17-8-7-15-9-13-14(18-10-16-13)11-3-5-12(19-2)6-4-11/h3-6,10,15H,7-9H2,1-2H3. The number of nitrogens with zero attached hydrogens (tertiary/aromatic N) is 1. The van der Waals surface area contributed by atoms with Gasteiger partial charge in [-0.2, -0.15) is 0 Å². The van der Waals surface area contributed by atoms with Gasteiger partial charge in [-0.25, -0.2) is 4.98 Å². The third-order valence-electron chi connectivity index (χ3n) is 2.77. The number of nitrogens with one attached hydrogen (secondary N) is 1. The number of oxazole rings is 1. The molecule has 0 unspecified atom stereocenters. The van der Waals surface area contributed by atoms with Crippen LogP contribution in [0, 0.1) is 0 Å². The highest BCUT2D eigenvalue weighted by molar-refractivity contribution is 7.98. The van der Waals surface area contributed by atoms with Gasteiger partial charge < -0.3 is 14.5 Å². The average Bonchev–Trinajstić information content (AvgIpc) is 2.92. The highest BCUT2D eigenvalue weighted by Gasteiger charge is 2.10. The van der Waals surface area contributed by atoms with Crippen molar-refractivity contribution in [3.05, 3.63) is 36.4 Å². The van der Waals surface area contributed by atoms with Crippen LogP contribution in [0.3, 0.4) is 0 Å². The van der Waals surface area contributed by atoms with Crippen LogP contribution in [-0.4, -0.2) is 31.5 Å². The van der Waals surface area contributed by atoms with Gasteiger partial charge in [0.15, 0.2) is 12.2 Å². The molecule has 19 heavy (non-hydrogen) atoms. The van der Waals surface area contributed by atoms with E-state index in [2.05, 4.69) is 40.8 Å². The molecular weight excluding hydrogens is 260 g/mol. The van der Waals surface area contributed by atoms with Crippen molar-refractivity contribution in [2.45, 2.75) is 11.4 Å². The Labute approximate surface area is 117 Å². The molecule has 102 valence electrons. The zero-order valence-electron chi connectivity index (χ0n) is 11.2. The maximum atomic E-state index is 5.49. The first kappa shape index (κ1) is 14.1. The number of methoxy groups -OCH3 is 1. The molecule has 2 rings (SSSR count). The molecule has 0 fully saturated rings. The Morgan fingerprint density at radius 3 is 2.79 bits per heavy atom. The van der Waals surface area contributed by atoms with E-state index >= 15 is 0 Å². The first-order valence-corrected chi connectivity index (χ1v) is 7.34. The molecule has 1 aromatic carbocycles. The molecule has 4 nitrogen and oxygen atoms in total. The number of hydrogen-bond donors (Lipinski definition) is 1. The Morgan fingerprint density at radius 2 is 2.11 bits per heavy atom. The lowest BCUT2D eigenvalue weighted by Gasteiger charge is -2.04. The van der Waals surface area contributed by atoms with Crippen LogP contribution in [0.25, 0.3) is 11.3 Å². The molecule has 0 spiro atoms. The number of aromatic nitrogens is 1. The minimum Gasteiger partial charge on any atom is -0.443 e. The molecule has 0 amide bonds. The summed E-state index contributed by atoms with van der Waals surface area (Å²) in [5, 5.41) is 3.27. The van der Waals surface area contributed by atoms with E-state index in [0.29, 0.717) is 13.2 Å². The summed E-state index contributed by atoms with van der Waals surface area (Å²) in [6.45, 7) is 2.17. The molecule has 0 aliphatic heterocycles. The summed E-state index contributed by atoms with van der Waals surface area (Å²) in [5.74, 6) is 0.831. The van der Waals surface area contributed by atoms with Crippen molar-refractivity contribution < 1.29 is 9.15 Å². The molecule has 0 saturated heterocycles. The SMILES string of the molecule is COCCNCc1ncoc1-c1ccc(SC)cc1. The minimum absolute atomic E-state index is 0.680. The lowest BCUT2D eigenvalue weighted by Crippen LogP contribution is -2.19. The summed E-state index contributed by atoms with van der Waals surface area (Å²) in [5.41, 5.74) is 1.98. The maximum absolute atomic E-state index is 5.49. The van der Waals surface area contributed by atoms with Crippen LogP contribution >= 0.6 is 11.8 Å². The Kier molecular flexibility index (Phi) is 5.44. The van der Waals surface area contributed by atoms with Crippen LogP contribution in [0.2, 0.25) is 0 Å². The van der Waals surface area contributed by atoms with Gasteiger partial charge in [-0.3, -0.25) is 0 Å². The topological polar surface area (TPSA) is 47.3 Å². The van der Waals surface area contributed by atoms with E-state index in [1.807, 2.05) is 0 Å². The zero-order valence-corrected chi connectivity index (χ0v) is 12.0. The summed E-state index contributed by atoms with van der Waals surface area (Å²) < 4.78 is 10.5. The number of benzene rings is 1. The van der Waals surface area contributed by atoms with Gasteiger partial charge in [-0.15, -0.1) is 11.8 Å². The van der Waals surface area contributed by atoms with Crippen molar-refractivity contribution in [2.24, 2.45) is 0 Å². The molecule has 0 radical (unpaired) electrons. The number of hydrogen-bond acceptors (Lipinski definition) is 5. The smallest absolute Gasteiger partial charge is 0.181 e. The van der Waals surface area contributed by atoms with E-state index in [0.717, 1.165) is 23.6 Å². The van der Waals surface area contributed by atoms with Gasteiger partial charge in [-0.05, 0) is 18.4 Å². The highest BCUT2D eigenvalue weighted by Crippen LogP contribution is 2.25. The molecule has 0 saturated carbocycles. The van der Waals surface area contributed by atoms with Crippen LogP contribution in [-0.2, 0) is 11.3 Å². The lowest BCUT2D eigenvalue weighted by molar-refractivity contribution is 0.199. The Hall–Kier alpha value is -1.30. The summed E-state index contributed by atoms with van der Waals surface area (Å²) in [6.07, 6.45) is 3.56. The van der Waals surface area contributed by atoms with E-state index in [1.165, 1.54) is 11.3 Å². The van der Waals surface area contributed by atoms with Crippen LogP contribution in [0.1, 0.15) is 5.69 Å². The van der Waals surface area contributed by atoms with Gasteiger partial charge in [-0.1, -0.05) is 12.1 Å². The second-order valence-electron chi connectivity index (χ2n) is 4.03. The average molecular weight is 278 g/mol. The highest BCUT2D eigenvalue weighted by atomic mass is 32.2. The van der Waals surface area contributed by atoms with E-state index in [9.17, 15) is 0 Å². The summed E-state index contributed by atoms with van der Waals surface area (Å²) in [6, 6.07) is 8.30. The van der Waals surface area contributed by atoms with Gasteiger partial charge in [0, 0.05) is 30.7 Å². The molecule has 5 heteroatoms. The fourth-order valence-corrected chi connectivity index (χ4v) is 2.16. The van der Waals surface area contributed by atoms with Crippen LogP contribution in [0.15, 0.2) is 40.0 Å². The Bertz CT molecular complexity index is 496.